The van der Waals surface area contributed by atoms with Crippen LogP contribution < -0.4 is 39.9 Å². The van der Waals surface area contributed by atoms with Crippen molar-refractivity contribution in [1.82, 2.24) is 5.32 Å². The maximum atomic E-state index is 4.18. The number of hydrogen-bond acceptors (Lipinski definition) is 4. The zero-order valence-corrected chi connectivity index (χ0v) is 55.4. The molecular formula is C76H97Cl2N5S. The molecule has 6 aliphatic rings. The van der Waals surface area contributed by atoms with Crippen LogP contribution in [0, 0.1) is 0 Å². The largest absolute Gasteiger partial charge is 1.00 e. The molecule has 0 radical (unpaired) electrons. The van der Waals surface area contributed by atoms with Gasteiger partial charge in [-0.3, -0.25) is 0 Å². The predicted octanol–water partition coefficient (Wildman–Crippen LogP) is 13.1. The van der Waals surface area contributed by atoms with Gasteiger partial charge in [0.2, 0.25) is 11.4 Å². The van der Waals surface area contributed by atoms with Crippen molar-refractivity contribution >= 4 is 45.9 Å². The number of nitrogens with one attached hydrogen (secondary N) is 1. The van der Waals surface area contributed by atoms with Crippen LogP contribution in [0.3, 0.4) is 0 Å². The van der Waals surface area contributed by atoms with Crippen LogP contribution in [0.5, 0.6) is 0 Å². The lowest BCUT2D eigenvalue weighted by molar-refractivity contribution is -0.438. The van der Waals surface area contributed by atoms with E-state index in [2.05, 4.69) is 265 Å². The summed E-state index contributed by atoms with van der Waals surface area (Å²) in [6.07, 6.45) is 33.5. The van der Waals surface area contributed by atoms with E-state index in [4.69, 9.17) is 0 Å². The van der Waals surface area contributed by atoms with Gasteiger partial charge in [0, 0.05) is 118 Å². The molecule has 4 aromatic carbocycles. The van der Waals surface area contributed by atoms with Gasteiger partial charge in [0.05, 0.1) is 10.8 Å². The molecular weight excluding hydrogens is 1090 g/mol. The molecule has 0 saturated carbocycles. The van der Waals surface area contributed by atoms with E-state index in [9.17, 15) is 0 Å². The van der Waals surface area contributed by atoms with Gasteiger partial charge in [-0.05, 0) is 124 Å². The summed E-state index contributed by atoms with van der Waals surface area (Å²) >= 11 is 2.07. The van der Waals surface area contributed by atoms with Gasteiger partial charge in [-0.25, -0.2) is 0 Å². The minimum Gasteiger partial charge on any atom is -1.00 e. The van der Waals surface area contributed by atoms with E-state index < -0.39 is 0 Å². The van der Waals surface area contributed by atoms with Crippen LogP contribution in [0.15, 0.2) is 190 Å². The topological polar surface area (TPSA) is 24.5 Å². The highest BCUT2D eigenvalue weighted by Gasteiger charge is 2.46. The average Bonchev–Trinajstić information content (AvgIpc) is 1.95. The Morgan fingerprint density at radius 2 is 0.881 bits per heavy atom. The Hall–Kier alpha value is -5.53. The first kappa shape index (κ1) is 64.5. The zero-order chi connectivity index (χ0) is 57.8. The monoisotopic (exact) mass is 1180 g/mol. The molecule has 8 heteroatoms. The number of anilines is 2. The van der Waals surface area contributed by atoms with Gasteiger partial charge in [-0.2, -0.15) is 9.15 Å². The van der Waals surface area contributed by atoms with Crippen molar-refractivity contribution < 1.29 is 34.0 Å². The van der Waals surface area contributed by atoms with Crippen LogP contribution in [0.25, 0.3) is 0 Å². The lowest BCUT2D eigenvalue weighted by atomic mass is 9.81. The third-order valence-electron chi connectivity index (χ3n) is 19.1. The van der Waals surface area contributed by atoms with Crippen LogP contribution in [0.4, 0.5) is 22.7 Å². The quantitative estimate of drug-likeness (QED) is 0.0591. The Morgan fingerprint density at radius 1 is 0.464 bits per heavy atom. The molecule has 0 aromatic heterocycles. The third-order valence-corrected chi connectivity index (χ3v) is 20.3. The Bertz CT molecular complexity index is 3160. The minimum absolute atomic E-state index is 0. The highest BCUT2D eigenvalue weighted by atomic mass is 35.5. The smallest absolute Gasteiger partial charge is 0.209 e. The van der Waals surface area contributed by atoms with E-state index in [1.54, 1.807) is 0 Å². The van der Waals surface area contributed by atoms with E-state index in [0.29, 0.717) is 0 Å². The summed E-state index contributed by atoms with van der Waals surface area (Å²) in [6, 6.07) is 36.5. The second kappa shape index (κ2) is 27.4. The predicted molar refractivity (Wildman–Crippen MR) is 355 cm³/mol. The molecule has 5 nitrogen and oxygen atoms in total. The third kappa shape index (κ3) is 12.4. The molecule has 1 N–H and O–H groups in total. The number of thioether (sulfide) groups is 1. The number of allylic oxidation sites excluding steroid dienone is 14. The second-order valence-corrected chi connectivity index (χ2v) is 27.1. The number of unbranched alkanes of at least 4 members (excludes halogenated alkanes) is 4. The molecule has 0 unspecified atom stereocenters. The average molecular weight is 1180 g/mol. The first-order valence-corrected chi connectivity index (χ1v) is 32.8. The number of rotatable bonds is 23. The van der Waals surface area contributed by atoms with Crippen LogP contribution in [0.2, 0.25) is 0 Å². The van der Waals surface area contributed by atoms with Gasteiger partial charge in [0.15, 0.2) is 11.4 Å². The molecule has 0 atom stereocenters. The maximum Gasteiger partial charge on any atom is 0.209 e. The lowest BCUT2D eigenvalue weighted by Gasteiger charge is -2.27. The number of nitrogens with zero attached hydrogens (tertiary/aromatic N) is 4. The molecule has 0 bridgehead atoms. The van der Waals surface area contributed by atoms with Crippen molar-refractivity contribution in [3.8, 4) is 0 Å². The first-order valence-electron chi connectivity index (χ1n) is 31.8. The summed E-state index contributed by atoms with van der Waals surface area (Å²) in [4.78, 5) is 6.70. The fourth-order valence-corrected chi connectivity index (χ4v) is 15.5. The number of hydrogen-bond donors (Lipinski definition) is 1. The van der Waals surface area contributed by atoms with Gasteiger partial charge in [-0.15, -0.1) is 11.8 Å². The summed E-state index contributed by atoms with van der Waals surface area (Å²) in [5.74, 6) is 0.961. The van der Waals surface area contributed by atoms with Crippen molar-refractivity contribution in [2.75, 3.05) is 48.3 Å². The van der Waals surface area contributed by atoms with Gasteiger partial charge in [0.25, 0.3) is 0 Å². The van der Waals surface area contributed by atoms with Gasteiger partial charge >= 0.3 is 0 Å². The summed E-state index contributed by atoms with van der Waals surface area (Å²) in [7, 11) is 0. The van der Waals surface area contributed by atoms with Crippen molar-refractivity contribution in [2.45, 2.75) is 182 Å². The molecule has 10 rings (SSSR count). The van der Waals surface area contributed by atoms with Gasteiger partial charge < -0.3 is 39.9 Å². The van der Waals surface area contributed by atoms with Crippen LogP contribution >= 0.6 is 11.8 Å². The summed E-state index contributed by atoms with van der Waals surface area (Å²) in [5.41, 5.74) is 23.6. The van der Waals surface area contributed by atoms with E-state index in [1.165, 1.54) is 152 Å². The Labute approximate surface area is 524 Å². The highest BCUT2D eigenvalue weighted by Crippen LogP contribution is 2.51. The zero-order valence-electron chi connectivity index (χ0n) is 53.0. The van der Waals surface area contributed by atoms with Gasteiger partial charge in [-0.1, -0.05) is 178 Å². The normalized spacial score (nSPS) is 20.9. The van der Waals surface area contributed by atoms with Crippen molar-refractivity contribution in [3.63, 3.8) is 0 Å². The van der Waals surface area contributed by atoms with Crippen molar-refractivity contribution in [2.24, 2.45) is 0 Å². The first-order chi connectivity index (χ1) is 39.6. The van der Waals surface area contributed by atoms with Gasteiger partial charge in [0.1, 0.15) is 13.1 Å². The Balaban J connectivity index is 0.00000460. The second-order valence-electron chi connectivity index (χ2n) is 26.0. The molecule has 0 spiro atoms. The molecule has 4 aromatic rings. The van der Waals surface area contributed by atoms with E-state index >= 15 is 0 Å². The highest BCUT2D eigenvalue weighted by molar-refractivity contribution is 8.03. The maximum absolute atomic E-state index is 4.18. The number of fused-ring (bicyclic) bond motifs is 4. The minimum atomic E-state index is -0.0876. The molecule has 2 aliphatic carbocycles. The summed E-state index contributed by atoms with van der Waals surface area (Å²) in [6.45, 7) is 33.7. The van der Waals surface area contributed by atoms with E-state index in [1.807, 2.05) is 0 Å². The molecule has 446 valence electrons. The Morgan fingerprint density at radius 3 is 1.37 bits per heavy atom. The van der Waals surface area contributed by atoms with Crippen LogP contribution in [0.1, 0.15) is 182 Å². The molecule has 0 amide bonds. The molecule has 0 fully saturated rings. The number of halogens is 2. The number of benzene rings is 4. The van der Waals surface area contributed by atoms with Crippen LogP contribution in [-0.4, -0.2) is 59.1 Å². The lowest BCUT2D eigenvalue weighted by Crippen LogP contribution is -3.00. The molecule has 4 heterocycles. The SMILES string of the molecule is CCCCN1/C(=C/C=C2\CCC(/C=C/C3=[N+](CCCC)c4ccccc4C3(C)C)=C2NCCSC2=C(/C=C/C3=[N+](CCCC)c4ccccc4C3(C)C)CC/C2=C\C=C2\N(CCCC)c3ccccc3C2(C)C)C(C)(C)c2ccccc21.[Cl-].[Cl-]. The molecule has 4 aliphatic heterocycles. The van der Waals surface area contributed by atoms with E-state index in [-0.39, 0.29) is 46.5 Å². The number of para-hydroxylation sites is 4. The van der Waals surface area contributed by atoms with Crippen molar-refractivity contribution in [3.05, 3.63) is 212 Å². The fraction of sp³-hybridized carbons (Fsp3) is 0.447. The standard InChI is InChI=1S/C76H96N5S.2ClH/c1-13-17-50-78-63-33-25-21-29-59(63)73(5,6)67(78)45-41-55-37-38-56(42-46-68-74(7,8)60-30-22-26-34-64(60)79(68)51-18-14-2)71(55)77-49-54-82-72-57(43-47-69-75(9,10)61-31-23-27-35-65(61)80(69)52-19-15-3)39-40-58(72)44-48-70-76(11,12)62-32-24-28-36-66(62)81(70)53-20-16-4;;/h21-36,41-48H,13-20,37-40,49-54H2,1-12H3;2*1H/q+1;;/p-1/b55-41+,67-45+;;. The molecule has 84 heavy (non-hydrogen) atoms. The van der Waals surface area contributed by atoms with E-state index in [0.717, 1.165) is 64.2 Å². The summed E-state index contributed by atoms with van der Waals surface area (Å²) in [5, 5.41) is 4.18. The fourth-order valence-electron chi connectivity index (χ4n) is 14.3. The summed E-state index contributed by atoms with van der Waals surface area (Å²) < 4.78 is 5.24. The van der Waals surface area contributed by atoms with Crippen molar-refractivity contribution in [1.29, 1.82) is 0 Å². The molecule has 0 saturated heterocycles. The Kier molecular flexibility index (Phi) is 21.1. The van der Waals surface area contributed by atoms with Crippen LogP contribution in [-0.2, 0) is 21.7 Å².